The Morgan fingerprint density at radius 3 is 2.78 bits per heavy atom. The summed E-state index contributed by atoms with van der Waals surface area (Å²) in [5.41, 5.74) is -1.75. The molecule has 148 valence electrons. The summed E-state index contributed by atoms with van der Waals surface area (Å²) in [6.45, 7) is 6.32. The van der Waals surface area contributed by atoms with Gasteiger partial charge in [-0.1, -0.05) is 13.5 Å². The standard InChI is InChI=1S/C20H26O7/c1-8-9-5-10(21)12-19(6-9,14(8)22)17(24)26-11-3-4-18(2)13-15(27-16(18)23)25-7-20(11,12)13/h9-16,21-23H,1,3-7H2,2H3/t9-,10-,11+,12-,13-,14-,15+,16+,18-,19+,20+/m1/s1. The van der Waals surface area contributed by atoms with Crippen molar-refractivity contribution in [2.45, 2.75) is 63.5 Å². The third-order valence-electron chi connectivity index (χ3n) is 9.05. The molecule has 3 aliphatic heterocycles. The van der Waals surface area contributed by atoms with E-state index in [4.69, 9.17) is 14.2 Å². The quantitative estimate of drug-likeness (QED) is 0.412. The van der Waals surface area contributed by atoms with E-state index in [9.17, 15) is 20.1 Å². The predicted molar refractivity (Wildman–Crippen MR) is 89.8 cm³/mol. The second-order valence-corrected chi connectivity index (χ2v) is 9.90. The molecular weight excluding hydrogens is 352 g/mol. The van der Waals surface area contributed by atoms with Crippen LogP contribution in [0.25, 0.3) is 0 Å². The van der Waals surface area contributed by atoms with E-state index in [0.29, 0.717) is 37.9 Å². The average Bonchev–Trinajstić information content (AvgIpc) is 3.19. The smallest absolute Gasteiger partial charge is 0.315 e. The first-order valence-corrected chi connectivity index (χ1v) is 9.98. The summed E-state index contributed by atoms with van der Waals surface area (Å²) in [5.74, 6) is -1.18. The maximum Gasteiger partial charge on any atom is 0.315 e. The molecule has 0 aromatic rings. The lowest BCUT2D eigenvalue weighted by molar-refractivity contribution is -0.268. The molecule has 0 radical (unpaired) electrons. The molecule has 7 heteroatoms. The molecule has 11 atom stereocenters. The summed E-state index contributed by atoms with van der Waals surface area (Å²) in [6.07, 6.45) is -1.50. The summed E-state index contributed by atoms with van der Waals surface area (Å²) in [7, 11) is 0. The fourth-order valence-corrected chi connectivity index (χ4v) is 7.99. The number of aliphatic hydroxyl groups excluding tert-OH is 3. The van der Waals surface area contributed by atoms with Gasteiger partial charge in [-0.05, 0) is 37.2 Å². The summed E-state index contributed by atoms with van der Waals surface area (Å²) in [5, 5.41) is 32.9. The van der Waals surface area contributed by atoms with E-state index >= 15 is 0 Å². The van der Waals surface area contributed by atoms with Gasteiger partial charge in [0.15, 0.2) is 12.6 Å². The van der Waals surface area contributed by atoms with Gasteiger partial charge in [0.25, 0.3) is 0 Å². The molecule has 6 rings (SSSR count). The molecule has 3 saturated carbocycles. The second-order valence-electron chi connectivity index (χ2n) is 9.90. The van der Waals surface area contributed by atoms with E-state index in [2.05, 4.69) is 6.58 Å². The van der Waals surface area contributed by atoms with Crippen LogP contribution in [0.4, 0.5) is 0 Å². The molecule has 0 aromatic carbocycles. The summed E-state index contributed by atoms with van der Waals surface area (Å²) < 4.78 is 17.7. The van der Waals surface area contributed by atoms with Gasteiger partial charge in [-0.15, -0.1) is 0 Å². The molecule has 0 amide bonds. The van der Waals surface area contributed by atoms with Crippen LogP contribution in [0, 0.1) is 34.0 Å². The molecule has 2 bridgehead atoms. The van der Waals surface area contributed by atoms with Crippen LogP contribution in [-0.4, -0.2) is 58.8 Å². The van der Waals surface area contributed by atoms with Crippen LogP contribution in [0.1, 0.15) is 32.6 Å². The van der Waals surface area contributed by atoms with Crippen molar-refractivity contribution in [2.75, 3.05) is 6.61 Å². The molecule has 3 N–H and O–H groups in total. The van der Waals surface area contributed by atoms with Gasteiger partial charge in [-0.25, -0.2) is 0 Å². The van der Waals surface area contributed by atoms with Crippen LogP contribution in [-0.2, 0) is 19.0 Å². The van der Waals surface area contributed by atoms with Gasteiger partial charge in [0.1, 0.15) is 11.5 Å². The fraction of sp³-hybridized carbons (Fsp3) is 0.850. The van der Waals surface area contributed by atoms with E-state index in [1.807, 2.05) is 6.92 Å². The highest BCUT2D eigenvalue weighted by Crippen LogP contribution is 2.74. The van der Waals surface area contributed by atoms with Crippen molar-refractivity contribution in [1.29, 1.82) is 0 Å². The first-order valence-electron chi connectivity index (χ1n) is 9.98. The molecule has 7 nitrogen and oxygen atoms in total. The van der Waals surface area contributed by atoms with Gasteiger partial charge < -0.3 is 29.5 Å². The number of ether oxygens (including phenoxy) is 3. The first kappa shape index (κ1) is 16.9. The molecule has 0 unspecified atom stereocenters. The lowest BCUT2D eigenvalue weighted by atomic mass is 9.43. The van der Waals surface area contributed by atoms with Gasteiger partial charge in [-0.3, -0.25) is 4.79 Å². The minimum Gasteiger partial charge on any atom is -0.461 e. The Kier molecular flexibility index (Phi) is 2.99. The maximum atomic E-state index is 13.2. The number of rotatable bonds is 0. The van der Waals surface area contributed by atoms with Gasteiger partial charge >= 0.3 is 5.97 Å². The van der Waals surface area contributed by atoms with Crippen molar-refractivity contribution >= 4 is 5.97 Å². The molecule has 2 spiro atoms. The van der Waals surface area contributed by atoms with Crippen LogP contribution in [0.5, 0.6) is 0 Å². The number of fused-ring (bicyclic) bond motifs is 1. The Morgan fingerprint density at radius 2 is 2.00 bits per heavy atom. The Balaban J connectivity index is 1.58. The van der Waals surface area contributed by atoms with E-state index in [-0.39, 0.29) is 11.8 Å². The highest BCUT2D eigenvalue weighted by molar-refractivity contribution is 5.82. The molecule has 6 aliphatic rings. The minimum absolute atomic E-state index is 0.0785. The van der Waals surface area contributed by atoms with E-state index in [1.165, 1.54) is 0 Å². The van der Waals surface area contributed by atoms with Crippen molar-refractivity contribution in [3.05, 3.63) is 12.2 Å². The second kappa shape index (κ2) is 4.76. The molecular formula is C20H26O7. The highest BCUT2D eigenvalue weighted by atomic mass is 16.7. The summed E-state index contributed by atoms with van der Waals surface area (Å²) >= 11 is 0. The number of hydrogen-bond donors (Lipinski definition) is 3. The predicted octanol–water partition coefficient (Wildman–Crippen LogP) is 0.324. The topological polar surface area (TPSA) is 105 Å². The zero-order valence-corrected chi connectivity index (χ0v) is 15.3. The minimum atomic E-state index is -1.18. The third kappa shape index (κ3) is 1.56. The van der Waals surface area contributed by atoms with Crippen LogP contribution >= 0.6 is 0 Å². The Bertz CT molecular complexity index is 753. The monoisotopic (exact) mass is 378 g/mol. The SMILES string of the molecule is C=C1[C@@H]2C[C@@H](O)[C@@H]3[C@](C2)(C(=O)O[C@H]2CC[C@]4(C)[C@H]5[C@@H](OC[C@@]253)O[C@@H]4O)[C@@H]1O. The summed E-state index contributed by atoms with van der Waals surface area (Å²) in [4.78, 5) is 13.2. The fourth-order valence-electron chi connectivity index (χ4n) is 7.99. The zero-order valence-electron chi connectivity index (χ0n) is 15.3. The van der Waals surface area contributed by atoms with Crippen molar-refractivity contribution < 1.29 is 34.3 Å². The van der Waals surface area contributed by atoms with Crippen molar-refractivity contribution in [1.82, 2.24) is 0 Å². The Morgan fingerprint density at radius 1 is 1.22 bits per heavy atom. The van der Waals surface area contributed by atoms with Crippen LogP contribution in [0.3, 0.4) is 0 Å². The van der Waals surface area contributed by atoms with Crippen LogP contribution in [0.15, 0.2) is 12.2 Å². The van der Waals surface area contributed by atoms with Gasteiger partial charge in [0.2, 0.25) is 0 Å². The van der Waals surface area contributed by atoms with Gasteiger partial charge in [0.05, 0.1) is 18.8 Å². The molecule has 6 fully saturated rings. The molecule has 3 aliphatic carbocycles. The largest absolute Gasteiger partial charge is 0.461 e. The maximum absolute atomic E-state index is 13.2. The normalized spacial score (nSPS) is 63.4. The van der Waals surface area contributed by atoms with E-state index in [0.717, 1.165) is 0 Å². The average molecular weight is 378 g/mol. The van der Waals surface area contributed by atoms with Crippen LogP contribution in [0.2, 0.25) is 0 Å². The lowest BCUT2D eigenvalue weighted by Gasteiger charge is -2.62. The summed E-state index contributed by atoms with van der Waals surface area (Å²) in [6, 6.07) is 0. The number of carbonyl (C=O) groups is 1. The van der Waals surface area contributed by atoms with Crippen molar-refractivity contribution in [2.24, 2.45) is 34.0 Å². The number of carbonyl (C=O) groups excluding carboxylic acids is 1. The van der Waals surface area contributed by atoms with E-state index in [1.54, 1.807) is 0 Å². The van der Waals surface area contributed by atoms with Crippen LogP contribution < -0.4 is 0 Å². The number of hydrogen-bond acceptors (Lipinski definition) is 7. The first-order chi connectivity index (χ1) is 12.8. The third-order valence-corrected chi connectivity index (χ3v) is 9.05. The van der Waals surface area contributed by atoms with E-state index < -0.39 is 59.0 Å². The molecule has 3 saturated heterocycles. The Labute approximate surface area is 157 Å². The molecule has 27 heavy (non-hydrogen) atoms. The number of esters is 1. The highest BCUT2D eigenvalue weighted by Gasteiger charge is 2.81. The lowest BCUT2D eigenvalue weighted by Crippen LogP contribution is -2.71. The van der Waals surface area contributed by atoms with Crippen molar-refractivity contribution in [3.8, 4) is 0 Å². The molecule has 0 aromatic heterocycles. The van der Waals surface area contributed by atoms with Crippen molar-refractivity contribution in [3.63, 3.8) is 0 Å². The zero-order chi connectivity index (χ0) is 18.9. The van der Waals surface area contributed by atoms with Gasteiger partial charge in [-0.2, -0.15) is 0 Å². The van der Waals surface area contributed by atoms with Gasteiger partial charge in [0, 0.05) is 22.7 Å². The Hall–Kier alpha value is -0.990. The molecule has 3 heterocycles. The number of aliphatic hydroxyl groups is 3.